The molecule has 2 aromatic rings. The molecule has 0 radical (unpaired) electrons. The molecule has 0 fully saturated rings. The molecule has 22 heavy (non-hydrogen) atoms. The van der Waals surface area contributed by atoms with Crippen LogP contribution in [-0.2, 0) is 4.79 Å². The first-order chi connectivity index (χ1) is 10.4. The Kier molecular flexibility index (Phi) is 5.48. The van der Waals surface area contributed by atoms with Crippen molar-refractivity contribution in [2.24, 2.45) is 0 Å². The Balaban J connectivity index is 2.02. The van der Waals surface area contributed by atoms with E-state index in [9.17, 15) is 4.79 Å². The van der Waals surface area contributed by atoms with E-state index in [1.54, 1.807) is 18.2 Å². The van der Waals surface area contributed by atoms with Crippen LogP contribution in [0.2, 0.25) is 5.02 Å². The maximum absolute atomic E-state index is 12.0. The fourth-order valence-corrected chi connectivity index (χ4v) is 3.03. The number of carbonyl (C=O) groups is 1. The van der Waals surface area contributed by atoms with Gasteiger partial charge >= 0.3 is 5.97 Å². The zero-order chi connectivity index (χ0) is 16.3. The first kappa shape index (κ1) is 16.8. The average molecular weight is 384 g/mol. The Morgan fingerprint density at radius 2 is 1.73 bits per heavy atom. The number of halogens is 2. The van der Waals surface area contributed by atoms with Gasteiger partial charge in [0.25, 0.3) is 0 Å². The molecule has 0 aromatic heterocycles. The lowest BCUT2D eigenvalue weighted by Gasteiger charge is -2.12. The van der Waals surface area contributed by atoms with Crippen LogP contribution >= 0.6 is 27.5 Å². The van der Waals surface area contributed by atoms with Crippen LogP contribution in [0.25, 0.3) is 0 Å². The van der Waals surface area contributed by atoms with Crippen molar-refractivity contribution >= 4 is 33.5 Å². The summed E-state index contributed by atoms with van der Waals surface area (Å²) < 4.78 is 11.8. The number of benzene rings is 2. The molecule has 0 bridgehead atoms. The van der Waals surface area contributed by atoms with E-state index in [0.29, 0.717) is 16.5 Å². The van der Waals surface area contributed by atoms with Gasteiger partial charge in [0.1, 0.15) is 11.5 Å². The Morgan fingerprint density at radius 1 is 1.09 bits per heavy atom. The third-order valence-corrected chi connectivity index (χ3v) is 3.82. The SMILES string of the molecule is Cc1cc(Cl)ccc1OCC(=O)Oc1c(C)cc(Br)cc1C. The summed E-state index contributed by atoms with van der Waals surface area (Å²) in [6.07, 6.45) is 0. The number of ether oxygens (including phenoxy) is 2. The highest BCUT2D eigenvalue weighted by Crippen LogP contribution is 2.27. The highest BCUT2D eigenvalue weighted by atomic mass is 79.9. The fraction of sp³-hybridized carbons (Fsp3) is 0.235. The first-order valence-electron chi connectivity index (χ1n) is 6.73. The molecule has 0 aliphatic heterocycles. The van der Waals surface area contributed by atoms with E-state index in [1.807, 2.05) is 32.9 Å². The van der Waals surface area contributed by atoms with Crippen molar-refractivity contribution in [2.45, 2.75) is 20.8 Å². The third kappa shape index (κ3) is 4.24. The average Bonchev–Trinajstić information content (AvgIpc) is 2.42. The van der Waals surface area contributed by atoms with Gasteiger partial charge in [-0.25, -0.2) is 4.79 Å². The van der Waals surface area contributed by atoms with E-state index >= 15 is 0 Å². The molecule has 0 aliphatic rings. The van der Waals surface area contributed by atoms with Crippen molar-refractivity contribution in [3.8, 4) is 11.5 Å². The van der Waals surface area contributed by atoms with Crippen molar-refractivity contribution in [3.63, 3.8) is 0 Å². The minimum absolute atomic E-state index is 0.155. The van der Waals surface area contributed by atoms with Crippen LogP contribution in [0.15, 0.2) is 34.8 Å². The van der Waals surface area contributed by atoms with Crippen LogP contribution in [0.4, 0.5) is 0 Å². The molecule has 0 saturated heterocycles. The van der Waals surface area contributed by atoms with Gasteiger partial charge in [-0.05, 0) is 67.8 Å². The zero-order valence-electron chi connectivity index (χ0n) is 12.6. The molecule has 0 heterocycles. The van der Waals surface area contributed by atoms with Gasteiger partial charge in [0, 0.05) is 9.50 Å². The van der Waals surface area contributed by atoms with E-state index in [-0.39, 0.29) is 6.61 Å². The molecule has 0 spiro atoms. The molecule has 5 heteroatoms. The van der Waals surface area contributed by atoms with Crippen LogP contribution in [0.3, 0.4) is 0 Å². The molecule has 0 unspecified atom stereocenters. The highest BCUT2D eigenvalue weighted by molar-refractivity contribution is 9.10. The lowest BCUT2D eigenvalue weighted by atomic mass is 10.1. The van der Waals surface area contributed by atoms with Crippen molar-refractivity contribution < 1.29 is 14.3 Å². The lowest BCUT2D eigenvalue weighted by molar-refractivity contribution is -0.136. The van der Waals surface area contributed by atoms with Gasteiger partial charge in [-0.3, -0.25) is 0 Å². The van der Waals surface area contributed by atoms with Gasteiger partial charge < -0.3 is 9.47 Å². The molecule has 3 nitrogen and oxygen atoms in total. The number of hydrogen-bond donors (Lipinski definition) is 0. The fourth-order valence-electron chi connectivity index (χ4n) is 2.11. The van der Waals surface area contributed by atoms with Gasteiger partial charge in [0.05, 0.1) is 0 Å². The van der Waals surface area contributed by atoms with E-state index in [1.165, 1.54) is 0 Å². The standard InChI is InChI=1S/C17H16BrClO3/c1-10-8-14(19)4-5-15(10)21-9-16(20)22-17-11(2)6-13(18)7-12(17)3/h4-8H,9H2,1-3H3. The summed E-state index contributed by atoms with van der Waals surface area (Å²) in [4.78, 5) is 12.0. The predicted octanol–water partition coefficient (Wildman–Crippen LogP) is 5.01. The van der Waals surface area contributed by atoms with Crippen LogP contribution in [-0.4, -0.2) is 12.6 Å². The Morgan fingerprint density at radius 3 is 2.32 bits per heavy atom. The maximum atomic E-state index is 12.0. The summed E-state index contributed by atoms with van der Waals surface area (Å²) >= 11 is 9.30. The molecule has 2 rings (SSSR count). The Hall–Kier alpha value is -1.52. The molecule has 0 amide bonds. The van der Waals surface area contributed by atoms with Crippen LogP contribution < -0.4 is 9.47 Å². The minimum atomic E-state index is -0.442. The number of esters is 1. The van der Waals surface area contributed by atoms with Gasteiger partial charge in [-0.1, -0.05) is 27.5 Å². The van der Waals surface area contributed by atoms with Crippen LogP contribution in [0, 0.1) is 20.8 Å². The number of aryl methyl sites for hydroxylation is 3. The van der Waals surface area contributed by atoms with Gasteiger partial charge in [0.2, 0.25) is 0 Å². The van der Waals surface area contributed by atoms with E-state index < -0.39 is 5.97 Å². The second-order valence-electron chi connectivity index (χ2n) is 5.04. The Labute approximate surface area is 143 Å². The van der Waals surface area contributed by atoms with Gasteiger partial charge in [-0.2, -0.15) is 0 Å². The summed E-state index contributed by atoms with van der Waals surface area (Å²) in [7, 11) is 0. The number of hydrogen-bond acceptors (Lipinski definition) is 3. The molecule has 116 valence electrons. The predicted molar refractivity (Wildman–Crippen MR) is 90.9 cm³/mol. The smallest absolute Gasteiger partial charge is 0.349 e. The number of carbonyl (C=O) groups excluding carboxylic acids is 1. The summed E-state index contributed by atoms with van der Waals surface area (Å²) in [6.45, 7) is 5.50. The quantitative estimate of drug-likeness (QED) is 0.550. The molecule has 2 aromatic carbocycles. The zero-order valence-corrected chi connectivity index (χ0v) is 14.9. The normalized spacial score (nSPS) is 10.4. The van der Waals surface area contributed by atoms with Crippen molar-refractivity contribution in [1.82, 2.24) is 0 Å². The lowest BCUT2D eigenvalue weighted by Crippen LogP contribution is -2.19. The van der Waals surface area contributed by atoms with Crippen molar-refractivity contribution in [2.75, 3.05) is 6.61 Å². The minimum Gasteiger partial charge on any atom is -0.482 e. The van der Waals surface area contributed by atoms with Crippen LogP contribution in [0.1, 0.15) is 16.7 Å². The Bertz CT molecular complexity index is 690. The molecular formula is C17H16BrClO3. The number of rotatable bonds is 4. The third-order valence-electron chi connectivity index (χ3n) is 3.12. The maximum Gasteiger partial charge on any atom is 0.349 e. The summed E-state index contributed by atoms with van der Waals surface area (Å²) in [5, 5.41) is 0.633. The molecule has 0 atom stereocenters. The molecular weight excluding hydrogens is 368 g/mol. The monoisotopic (exact) mass is 382 g/mol. The molecule has 0 aliphatic carbocycles. The summed E-state index contributed by atoms with van der Waals surface area (Å²) in [5.41, 5.74) is 2.65. The van der Waals surface area contributed by atoms with Gasteiger partial charge in [0.15, 0.2) is 6.61 Å². The van der Waals surface area contributed by atoms with E-state index in [4.69, 9.17) is 21.1 Å². The van der Waals surface area contributed by atoms with Crippen molar-refractivity contribution in [1.29, 1.82) is 0 Å². The first-order valence-corrected chi connectivity index (χ1v) is 7.90. The van der Waals surface area contributed by atoms with Gasteiger partial charge in [-0.15, -0.1) is 0 Å². The van der Waals surface area contributed by atoms with E-state index in [2.05, 4.69) is 15.9 Å². The summed E-state index contributed by atoms with van der Waals surface area (Å²) in [5.74, 6) is 0.748. The molecule has 0 saturated carbocycles. The second kappa shape index (κ2) is 7.16. The van der Waals surface area contributed by atoms with Crippen molar-refractivity contribution in [3.05, 3.63) is 56.5 Å². The second-order valence-corrected chi connectivity index (χ2v) is 6.39. The summed E-state index contributed by atoms with van der Waals surface area (Å²) in [6, 6.07) is 9.05. The van der Waals surface area contributed by atoms with Crippen LogP contribution in [0.5, 0.6) is 11.5 Å². The largest absolute Gasteiger partial charge is 0.482 e. The topological polar surface area (TPSA) is 35.5 Å². The van der Waals surface area contributed by atoms with E-state index in [0.717, 1.165) is 21.2 Å². The molecule has 0 N–H and O–H groups in total. The highest BCUT2D eigenvalue weighted by Gasteiger charge is 2.12.